The van der Waals surface area contributed by atoms with Gasteiger partial charge in [-0.2, -0.15) is 0 Å². The van der Waals surface area contributed by atoms with E-state index in [1.54, 1.807) is 4.90 Å². The van der Waals surface area contributed by atoms with Gasteiger partial charge in [-0.25, -0.2) is 18.6 Å². The lowest BCUT2D eigenvalue weighted by atomic mass is 10.1. The van der Waals surface area contributed by atoms with Crippen molar-refractivity contribution in [1.82, 2.24) is 14.9 Å². The van der Waals surface area contributed by atoms with Crippen LogP contribution in [-0.2, 0) is 0 Å². The van der Waals surface area contributed by atoms with E-state index in [0.29, 0.717) is 26.2 Å². The molecule has 0 bridgehead atoms. The number of phenolic OH excluding ortho intramolecular Hbond substituents is 1. The van der Waals surface area contributed by atoms with Crippen molar-refractivity contribution in [2.45, 2.75) is 0 Å². The van der Waals surface area contributed by atoms with Crippen molar-refractivity contribution >= 4 is 22.8 Å². The molecule has 0 spiro atoms. The van der Waals surface area contributed by atoms with Gasteiger partial charge in [-0.1, -0.05) is 0 Å². The Morgan fingerprint density at radius 1 is 1.17 bits per heavy atom. The number of pyridine rings is 2. The molecular formula is C19H16F2N4O4. The maximum atomic E-state index is 14.8. The maximum Gasteiger partial charge on any atom is 0.341 e. The van der Waals surface area contributed by atoms with Crippen LogP contribution >= 0.6 is 0 Å². The van der Waals surface area contributed by atoms with E-state index in [4.69, 9.17) is 0 Å². The summed E-state index contributed by atoms with van der Waals surface area (Å²) in [6, 6.07) is 4.09. The molecule has 3 N–H and O–H groups in total. The highest BCUT2D eigenvalue weighted by molar-refractivity contribution is 5.92. The second-order valence-corrected chi connectivity index (χ2v) is 6.58. The van der Waals surface area contributed by atoms with E-state index in [-0.39, 0.29) is 22.5 Å². The second-order valence-electron chi connectivity index (χ2n) is 6.58. The second kappa shape index (κ2) is 7.13. The van der Waals surface area contributed by atoms with Gasteiger partial charge in [0.15, 0.2) is 17.3 Å². The number of carboxylic acids is 1. The summed E-state index contributed by atoms with van der Waals surface area (Å²) in [5.74, 6) is -3.44. The fraction of sp³-hybridized carbons (Fsp3) is 0.211. The number of aromatic hydroxyl groups is 1. The molecule has 10 heteroatoms. The van der Waals surface area contributed by atoms with E-state index < -0.39 is 34.3 Å². The van der Waals surface area contributed by atoms with Crippen LogP contribution in [0.4, 0.5) is 14.6 Å². The molecule has 0 aliphatic carbocycles. The Balaban J connectivity index is 2.05. The number of hydrogen-bond acceptors (Lipinski definition) is 6. The highest BCUT2D eigenvalue weighted by Gasteiger charge is 2.23. The summed E-state index contributed by atoms with van der Waals surface area (Å²) in [5, 5.41) is 22.4. The van der Waals surface area contributed by atoms with Gasteiger partial charge in [-0.3, -0.25) is 9.36 Å². The van der Waals surface area contributed by atoms with E-state index in [1.807, 2.05) is 0 Å². The molecule has 2 aromatic heterocycles. The summed E-state index contributed by atoms with van der Waals surface area (Å²) in [4.78, 5) is 30.1. The first-order chi connectivity index (χ1) is 13.9. The third-order valence-corrected chi connectivity index (χ3v) is 4.76. The van der Waals surface area contributed by atoms with Crippen LogP contribution in [-0.4, -0.2) is 51.9 Å². The number of carbonyl (C=O) groups is 1. The Bertz CT molecular complexity index is 1190. The molecule has 1 fully saturated rings. The van der Waals surface area contributed by atoms with Crippen LogP contribution in [0.2, 0.25) is 0 Å². The quantitative estimate of drug-likeness (QED) is 0.609. The molecule has 29 heavy (non-hydrogen) atoms. The molecule has 0 saturated carbocycles. The van der Waals surface area contributed by atoms with E-state index in [0.717, 1.165) is 29.0 Å². The number of fused-ring (bicyclic) bond motifs is 1. The van der Waals surface area contributed by atoms with E-state index >= 15 is 0 Å². The number of carboxylic acid groups (broad SMARTS) is 1. The fourth-order valence-corrected chi connectivity index (χ4v) is 3.35. The predicted octanol–water partition coefficient (Wildman–Crippen LogP) is 1.48. The number of nitrogens with zero attached hydrogens (tertiary/aromatic N) is 3. The lowest BCUT2D eigenvalue weighted by Crippen LogP contribution is -2.44. The normalized spacial score (nSPS) is 14.3. The van der Waals surface area contributed by atoms with Gasteiger partial charge in [0.1, 0.15) is 17.1 Å². The number of benzene rings is 1. The van der Waals surface area contributed by atoms with Gasteiger partial charge in [0, 0.05) is 38.4 Å². The summed E-state index contributed by atoms with van der Waals surface area (Å²) in [6.07, 6.45) is 0.992. The summed E-state index contributed by atoms with van der Waals surface area (Å²) >= 11 is 0. The molecule has 1 aromatic carbocycles. The molecule has 3 heterocycles. The lowest BCUT2D eigenvalue weighted by Gasteiger charge is -2.29. The molecule has 8 nitrogen and oxygen atoms in total. The van der Waals surface area contributed by atoms with E-state index in [1.165, 1.54) is 6.07 Å². The van der Waals surface area contributed by atoms with Gasteiger partial charge in [-0.05, 0) is 18.2 Å². The molecule has 3 aromatic rings. The smallest absolute Gasteiger partial charge is 0.341 e. The zero-order valence-corrected chi connectivity index (χ0v) is 15.0. The molecule has 150 valence electrons. The molecule has 1 aliphatic heterocycles. The van der Waals surface area contributed by atoms with Crippen molar-refractivity contribution < 1.29 is 23.8 Å². The van der Waals surface area contributed by atoms with Crippen LogP contribution in [0.3, 0.4) is 0 Å². The highest BCUT2D eigenvalue weighted by atomic mass is 19.1. The summed E-state index contributed by atoms with van der Waals surface area (Å²) in [6.45, 7) is 2.24. The number of aromatic carboxylic acids is 1. The minimum absolute atomic E-state index is 0.00395. The van der Waals surface area contributed by atoms with Crippen molar-refractivity contribution in [2.24, 2.45) is 0 Å². The average molecular weight is 402 g/mol. The van der Waals surface area contributed by atoms with Crippen LogP contribution in [0.5, 0.6) is 5.75 Å². The van der Waals surface area contributed by atoms with Gasteiger partial charge in [0.2, 0.25) is 5.43 Å². The fourth-order valence-electron chi connectivity index (χ4n) is 3.35. The Kier molecular flexibility index (Phi) is 4.63. The first kappa shape index (κ1) is 18.8. The summed E-state index contributed by atoms with van der Waals surface area (Å²) < 4.78 is 29.3. The first-order valence-electron chi connectivity index (χ1n) is 8.80. The van der Waals surface area contributed by atoms with Crippen molar-refractivity contribution in [3.05, 3.63) is 57.9 Å². The Hall–Kier alpha value is -3.53. The third kappa shape index (κ3) is 3.27. The first-order valence-corrected chi connectivity index (χ1v) is 8.80. The number of halogens is 2. The molecule has 0 amide bonds. The number of anilines is 1. The van der Waals surface area contributed by atoms with Gasteiger partial charge < -0.3 is 20.4 Å². The molecule has 1 aliphatic rings. The highest BCUT2D eigenvalue weighted by Crippen LogP contribution is 2.28. The molecule has 0 atom stereocenters. The maximum absolute atomic E-state index is 14.8. The van der Waals surface area contributed by atoms with Crippen LogP contribution < -0.4 is 15.6 Å². The SMILES string of the molecule is O=C(O)c1cn(-c2ccc(F)cc2O)c2nc(N3CCNCC3)c(F)cc2c1=O. The van der Waals surface area contributed by atoms with Gasteiger partial charge >= 0.3 is 5.97 Å². The molecule has 1 saturated heterocycles. The largest absolute Gasteiger partial charge is 0.506 e. The molecular weight excluding hydrogens is 386 g/mol. The predicted molar refractivity (Wildman–Crippen MR) is 101 cm³/mol. The van der Waals surface area contributed by atoms with Crippen LogP contribution in [0, 0.1) is 11.6 Å². The number of piperazine rings is 1. The standard InChI is InChI=1S/C19H16F2N4O4/c20-10-1-2-14(15(26)7-10)25-9-12(19(28)29)16(27)11-8-13(21)18(23-17(11)25)24-5-3-22-4-6-24/h1-2,7-9,22,26H,3-6H2,(H,28,29). The van der Waals surface area contributed by atoms with Crippen molar-refractivity contribution in [3.63, 3.8) is 0 Å². The van der Waals surface area contributed by atoms with Gasteiger partial charge in [-0.15, -0.1) is 0 Å². The molecule has 4 rings (SSSR count). The van der Waals surface area contributed by atoms with Crippen molar-refractivity contribution in [2.75, 3.05) is 31.1 Å². The van der Waals surface area contributed by atoms with Crippen LogP contribution in [0.1, 0.15) is 10.4 Å². The topological polar surface area (TPSA) is 108 Å². The van der Waals surface area contributed by atoms with Crippen LogP contribution in [0.15, 0.2) is 35.3 Å². The number of nitrogens with one attached hydrogen (secondary N) is 1. The molecule has 0 radical (unpaired) electrons. The van der Waals surface area contributed by atoms with E-state index in [9.17, 15) is 28.6 Å². The molecule has 0 unspecified atom stereocenters. The van der Waals surface area contributed by atoms with Gasteiger partial charge in [0.05, 0.1) is 11.1 Å². The van der Waals surface area contributed by atoms with Gasteiger partial charge in [0.25, 0.3) is 0 Å². The zero-order chi connectivity index (χ0) is 20.7. The van der Waals surface area contributed by atoms with Crippen molar-refractivity contribution in [1.29, 1.82) is 0 Å². The average Bonchev–Trinajstić information content (AvgIpc) is 2.69. The Labute approximate surface area is 162 Å². The zero-order valence-electron chi connectivity index (χ0n) is 15.0. The number of aromatic nitrogens is 2. The Morgan fingerprint density at radius 2 is 1.90 bits per heavy atom. The monoisotopic (exact) mass is 402 g/mol. The Morgan fingerprint density at radius 3 is 2.55 bits per heavy atom. The number of hydrogen-bond donors (Lipinski definition) is 3. The third-order valence-electron chi connectivity index (χ3n) is 4.76. The van der Waals surface area contributed by atoms with Crippen LogP contribution in [0.25, 0.3) is 16.7 Å². The minimum Gasteiger partial charge on any atom is -0.506 e. The number of rotatable bonds is 3. The van der Waals surface area contributed by atoms with E-state index in [2.05, 4.69) is 10.3 Å². The van der Waals surface area contributed by atoms with Crippen molar-refractivity contribution in [3.8, 4) is 11.4 Å². The summed E-state index contributed by atoms with van der Waals surface area (Å²) in [5.41, 5.74) is -1.57. The lowest BCUT2D eigenvalue weighted by molar-refractivity contribution is 0.0695. The minimum atomic E-state index is -1.51. The number of phenols is 1. The summed E-state index contributed by atoms with van der Waals surface area (Å²) in [7, 11) is 0.